The molecule has 8 N–H and O–H groups in total. The van der Waals surface area contributed by atoms with E-state index in [9.17, 15) is 33.9 Å². The van der Waals surface area contributed by atoms with Crippen LogP contribution in [-0.2, 0) is 60.8 Å². The summed E-state index contributed by atoms with van der Waals surface area (Å²) in [7, 11) is 0. The number of rotatable bonds is 22. The lowest BCUT2D eigenvalue weighted by Crippen LogP contribution is -2.53. The van der Waals surface area contributed by atoms with Crippen molar-refractivity contribution < 1.29 is 43.3 Å². The first kappa shape index (κ1) is 55.0. The monoisotopic (exact) mass is 962 g/mol. The van der Waals surface area contributed by atoms with E-state index >= 15 is 0 Å². The Morgan fingerprint density at radius 3 is 1.39 bits per heavy atom. The third-order valence-electron chi connectivity index (χ3n) is 10.5. The SMILES string of the molecule is CC(=N)c1ccc(CCC(=O)[C@H](Cc2cnc[nH]2)NC(=O)[C@@H](CCc2ccccc2)NC(=O)OC(C)(C)C)cc1.CC(C)(C)OC(=O)N[C@H](CCc1ccccc1)C(=O)N[C@@H](Cc1cnc[nH]1)C(=O)O. The minimum Gasteiger partial charge on any atom is -0.480 e. The molecule has 0 saturated heterocycles. The molecular formula is C52H67N9O9. The van der Waals surface area contributed by atoms with Crippen molar-refractivity contribution >= 4 is 41.5 Å². The molecule has 70 heavy (non-hydrogen) atoms. The zero-order chi connectivity index (χ0) is 51.3. The summed E-state index contributed by atoms with van der Waals surface area (Å²) >= 11 is 0. The largest absolute Gasteiger partial charge is 0.480 e. The number of aliphatic carboxylic acids is 1. The number of H-pyrrole nitrogens is 2. The predicted octanol–water partition coefficient (Wildman–Crippen LogP) is 6.60. The molecule has 0 radical (unpaired) electrons. The van der Waals surface area contributed by atoms with Gasteiger partial charge in [0.05, 0.1) is 18.7 Å². The lowest BCUT2D eigenvalue weighted by Gasteiger charge is -2.25. The van der Waals surface area contributed by atoms with Crippen molar-refractivity contribution in [2.24, 2.45) is 0 Å². The molecule has 0 aliphatic rings. The average Bonchev–Trinajstić information content (AvgIpc) is 4.03. The van der Waals surface area contributed by atoms with Crippen molar-refractivity contribution in [2.75, 3.05) is 0 Å². The highest BCUT2D eigenvalue weighted by Crippen LogP contribution is 2.14. The van der Waals surface area contributed by atoms with Gasteiger partial charge in [0.15, 0.2) is 5.78 Å². The Hall–Kier alpha value is -7.63. The van der Waals surface area contributed by atoms with Gasteiger partial charge in [0.1, 0.15) is 29.3 Å². The molecule has 0 bridgehead atoms. The van der Waals surface area contributed by atoms with Crippen LogP contribution in [0.15, 0.2) is 110 Å². The number of ketones is 1. The van der Waals surface area contributed by atoms with Crippen LogP contribution in [0.4, 0.5) is 9.59 Å². The number of aryl methyl sites for hydroxylation is 3. The number of nitrogens with zero attached hydrogens (tertiary/aromatic N) is 2. The topological polar surface area (TPSA) is 270 Å². The Balaban J connectivity index is 0.000000318. The summed E-state index contributed by atoms with van der Waals surface area (Å²) in [5.74, 6) is -2.36. The van der Waals surface area contributed by atoms with E-state index in [0.717, 1.165) is 22.3 Å². The lowest BCUT2D eigenvalue weighted by molar-refractivity contribution is -0.142. The van der Waals surface area contributed by atoms with Crippen molar-refractivity contribution in [1.29, 1.82) is 5.41 Å². The van der Waals surface area contributed by atoms with Gasteiger partial charge in [-0.15, -0.1) is 0 Å². The van der Waals surface area contributed by atoms with Crippen molar-refractivity contribution in [1.82, 2.24) is 41.2 Å². The maximum atomic E-state index is 13.5. The molecule has 0 fully saturated rings. The first-order chi connectivity index (χ1) is 33.1. The molecule has 374 valence electrons. The minimum atomic E-state index is -1.18. The van der Waals surface area contributed by atoms with Gasteiger partial charge < -0.3 is 51.2 Å². The van der Waals surface area contributed by atoms with Crippen LogP contribution < -0.4 is 21.3 Å². The fraction of sp³-hybridized carbons (Fsp3) is 0.404. The normalized spacial score (nSPS) is 12.9. The zero-order valence-electron chi connectivity index (χ0n) is 41.0. The van der Waals surface area contributed by atoms with E-state index in [-0.39, 0.29) is 31.5 Å². The van der Waals surface area contributed by atoms with E-state index < -0.39 is 65.3 Å². The second-order valence-electron chi connectivity index (χ2n) is 18.8. The second kappa shape index (κ2) is 26.8. The molecule has 4 atom stereocenters. The number of amides is 4. The van der Waals surface area contributed by atoms with Crippen molar-refractivity contribution in [3.05, 3.63) is 144 Å². The van der Waals surface area contributed by atoms with Gasteiger partial charge in [0.25, 0.3) is 0 Å². The van der Waals surface area contributed by atoms with E-state index in [4.69, 9.17) is 14.9 Å². The molecule has 0 saturated carbocycles. The summed E-state index contributed by atoms with van der Waals surface area (Å²) in [5, 5.41) is 27.9. The van der Waals surface area contributed by atoms with Crippen LogP contribution in [0.25, 0.3) is 0 Å². The summed E-state index contributed by atoms with van der Waals surface area (Å²) in [6.45, 7) is 12.1. The average molecular weight is 962 g/mol. The van der Waals surface area contributed by atoms with Crippen LogP contribution in [-0.4, -0.2) is 102 Å². The number of carbonyl (C=O) groups is 6. The number of Topliss-reactive ketones (excluding diaryl/α,β-unsaturated/α-hetero) is 1. The summed E-state index contributed by atoms with van der Waals surface area (Å²) < 4.78 is 10.6. The third kappa shape index (κ3) is 20.7. The van der Waals surface area contributed by atoms with Gasteiger partial charge in [-0.3, -0.25) is 14.4 Å². The molecule has 18 heteroatoms. The smallest absolute Gasteiger partial charge is 0.408 e. The fourth-order valence-electron chi connectivity index (χ4n) is 6.93. The highest BCUT2D eigenvalue weighted by atomic mass is 16.6. The Bertz CT molecular complexity index is 2430. The number of carboxylic acids is 1. The zero-order valence-corrected chi connectivity index (χ0v) is 41.0. The Kier molecular flexibility index (Phi) is 21.0. The number of nitrogens with one attached hydrogen (secondary N) is 7. The first-order valence-corrected chi connectivity index (χ1v) is 23.2. The molecule has 0 aliphatic carbocycles. The molecule has 0 aliphatic heterocycles. The number of aromatic amines is 2. The van der Waals surface area contributed by atoms with Crippen LogP contribution in [0, 0.1) is 5.41 Å². The molecule has 4 amide bonds. The van der Waals surface area contributed by atoms with E-state index in [1.54, 1.807) is 54.7 Å². The predicted molar refractivity (Wildman–Crippen MR) is 264 cm³/mol. The molecule has 0 unspecified atom stereocenters. The van der Waals surface area contributed by atoms with Crippen LogP contribution in [0.5, 0.6) is 0 Å². The van der Waals surface area contributed by atoms with Crippen LogP contribution in [0.3, 0.4) is 0 Å². The van der Waals surface area contributed by atoms with E-state index in [1.807, 2.05) is 84.9 Å². The highest BCUT2D eigenvalue weighted by molar-refractivity contribution is 5.96. The molecule has 18 nitrogen and oxygen atoms in total. The number of hydrogen-bond acceptors (Lipinski definition) is 11. The Morgan fingerprint density at radius 1 is 0.586 bits per heavy atom. The van der Waals surface area contributed by atoms with E-state index in [1.165, 1.54) is 18.9 Å². The summed E-state index contributed by atoms with van der Waals surface area (Å²) in [4.78, 5) is 89.8. The summed E-state index contributed by atoms with van der Waals surface area (Å²) in [5.41, 5.74) is 4.14. The maximum Gasteiger partial charge on any atom is 0.408 e. The molecule has 2 aromatic heterocycles. The van der Waals surface area contributed by atoms with Crippen molar-refractivity contribution in [3.8, 4) is 0 Å². The van der Waals surface area contributed by atoms with Crippen LogP contribution in [0.2, 0.25) is 0 Å². The molecule has 3 aromatic carbocycles. The number of hydrogen-bond donors (Lipinski definition) is 8. The van der Waals surface area contributed by atoms with Gasteiger partial charge in [-0.1, -0.05) is 84.9 Å². The van der Waals surface area contributed by atoms with Gasteiger partial charge >= 0.3 is 18.2 Å². The van der Waals surface area contributed by atoms with Crippen LogP contribution >= 0.6 is 0 Å². The number of alkyl carbamates (subject to hydrolysis) is 2. The second-order valence-corrected chi connectivity index (χ2v) is 18.8. The summed E-state index contributed by atoms with van der Waals surface area (Å²) in [6, 6.07) is 22.9. The van der Waals surface area contributed by atoms with E-state index in [2.05, 4.69) is 41.2 Å². The maximum absolute atomic E-state index is 13.5. The standard InChI is InChI=1S/C31H39N5O4.C21H28N4O5/c1-21(32)24-14-10-23(11-15-24)13-17-28(37)27(18-25-19-33-20-34-25)35-29(38)26(36-30(39)40-31(2,3)4)16-12-22-8-6-5-7-9-22;1-21(2,3)30-20(29)25-16(10-9-14-7-5-4-6-8-14)18(26)24-17(19(27)28)11-15-12-22-13-23-15/h5-11,14-15,19-20,26-27,32H,12-13,16-18H2,1-4H3,(H,33,34)(H,35,38)(H,36,39);4-8,12-13,16-17H,9-11H2,1-3H3,(H,22,23)(H,24,26)(H,25,29)(H,27,28)/t26-,27+;16-,17+/m11/s1. The van der Waals surface area contributed by atoms with Gasteiger partial charge in [-0.2, -0.15) is 0 Å². The summed E-state index contributed by atoms with van der Waals surface area (Å²) in [6.07, 6.45) is 7.34. The Morgan fingerprint density at radius 2 is 1.00 bits per heavy atom. The van der Waals surface area contributed by atoms with Crippen molar-refractivity contribution in [3.63, 3.8) is 0 Å². The molecule has 5 rings (SSSR count). The number of imidazole rings is 2. The number of carboxylic acid groups (broad SMARTS) is 1. The molecule has 2 heterocycles. The third-order valence-corrected chi connectivity index (χ3v) is 10.5. The van der Waals surface area contributed by atoms with Gasteiger partial charge in [-0.05, 0) is 103 Å². The Labute approximate surface area is 409 Å². The minimum absolute atomic E-state index is 0.0406. The lowest BCUT2D eigenvalue weighted by atomic mass is 9.98. The number of carbonyl (C=O) groups excluding carboxylic acids is 5. The van der Waals surface area contributed by atoms with Gasteiger partial charge in [-0.25, -0.2) is 24.4 Å². The molecular weight excluding hydrogens is 895 g/mol. The number of ether oxygens (including phenoxy) is 2. The fourth-order valence-corrected chi connectivity index (χ4v) is 6.93. The van der Waals surface area contributed by atoms with E-state index in [0.29, 0.717) is 42.8 Å². The number of benzene rings is 3. The van der Waals surface area contributed by atoms with Crippen molar-refractivity contribution in [2.45, 2.75) is 135 Å². The molecule has 0 spiro atoms. The van der Waals surface area contributed by atoms with Crippen LogP contribution in [0.1, 0.15) is 101 Å². The first-order valence-electron chi connectivity index (χ1n) is 23.2. The highest BCUT2D eigenvalue weighted by Gasteiger charge is 2.30. The van der Waals surface area contributed by atoms with Gasteiger partial charge in [0, 0.05) is 48.8 Å². The quantitative estimate of drug-likeness (QED) is 0.0342. The van der Waals surface area contributed by atoms with Gasteiger partial charge in [0.2, 0.25) is 11.8 Å². The molecule has 5 aromatic rings. The number of aromatic nitrogens is 4.